The SMILES string of the molecule is CSc1cccc2c1nc(Cl)n1nc(-c3cnn(C(C)C)c3)nc21. The first-order valence-electron chi connectivity index (χ1n) is 7.52. The Morgan fingerprint density at radius 3 is 2.75 bits per heavy atom. The number of hydrogen-bond donors (Lipinski definition) is 0. The molecular formula is C16H15ClN6S. The molecule has 0 unspecified atom stereocenters. The van der Waals surface area contributed by atoms with Crippen molar-refractivity contribution < 1.29 is 0 Å². The summed E-state index contributed by atoms with van der Waals surface area (Å²) < 4.78 is 3.46. The van der Waals surface area contributed by atoms with Gasteiger partial charge in [-0.15, -0.1) is 16.9 Å². The minimum Gasteiger partial charge on any atom is -0.270 e. The quantitative estimate of drug-likeness (QED) is 0.407. The Balaban J connectivity index is 1.97. The Morgan fingerprint density at radius 1 is 1.21 bits per heavy atom. The summed E-state index contributed by atoms with van der Waals surface area (Å²) in [5.41, 5.74) is 2.41. The fourth-order valence-corrected chi connectivity index (χ4v) is 3.36. The predicted octanol–water partition coefficient (Wildman–Crippen LogP) is 4.10. The molecule has 0 N–H and O–H groups in total. The van der Waals surface area contributed by atoms with E-state index in [1.807, 2.05) is 35.3 Å². The number of rotatable bonds is 3. The van der Waals surface area contributed by atoms with Gasteiger partial charge in [-0.2, -0.15) is 9.61 Å². The smallest absolute Gasteiger partial charge is 0.226 e. The van der Waals surface area contributed by atoms with Crippen molar-refractivity contribution in [1.82, 2.24) is 29.4 Å². The molecule has 3 aromatic heterocycles. The Kier molecular flexibility index (Phi) is 3.69. The highest BCUT2D eigenvalue weighted by molar-refractivity contribution is 7.98. The van der Waals surface area contributed by atoms with E-state index in [4.69, 9.17) is 11.6 Å². The molecule has 0 atom stereocenters. The Labute approximate surface area is 147 Å². The van der Waals surface area contributed by atoms with Crippen LogP contribution in [0.15, 0.2) is 35.5 Å². The first-order chi connectivity index (χ1) is 11.6. The Hall–Kier alpha value is -2.12. The van der Waals surface area contributed by atoms with Gasteiger partial charge in [-0.25, -0.2) is 9.97 Å². The molecule has 0 aliphatic carbocycles. The lowest BCUT2D eigenvalue weighted by molar-refractivity contribution is 0.532. The maximum Gasteiger partial charge on any atom is 0.226 e. The molecule has 0 amide bonds. The molecule has 3 heterocycles. The highest BCUT2D eigenvalue weighted by atomic mass is 35.5. The van der Waals surface area contributed by atoms with Crippen molar-refractivity contribution in [2.45, 2.75) is 24.8 Å². The number of aromatic nitrogens is 6. The highest BCUT2D eigenvalue weighted by Gasteiger charge is 2.16. The van der Waals surface area contributed by atoms with Gasteiger partial charge >= 0.3 is 0 Å². The molecule has 0 saturated carbocycles. The largest absolute Gasteiger partial charge is 0.270 e. The molecule has 6 nitrogen and oxygen atoms in total. The van der Waals surface area contributed by atoms with Gasteiger partial charge < -0.3 is 0 Å². The van der Waals surface area contributed by atoms with Gasteiger partial charge in [0.25, 0.3) is 0 Å². The van der Waals surface area contributed by atoms with E-state index in [0.717, 1.165) is 21.4 Å². The van der Waals surface area contributed by atoms with E-state index in [1.54, 1.807) is 22.5 Å². The summed E-state index contributed by atoms with van der Waals surface area (Å²) in [6.07, 6.45) is 5.73. The van der Waals surface area contributed by atoms with Crippen molar-refractivity contribution in [2.24, 2.45) is 0 Å². The predicted molar refractivity (Wildman–Crippen MR) is 96.7 cm³/mol. The average molecular weight is 359 g/mol. The fourth-order valence-electron chi connectivity index (χ4n) is 2.60. The van der Waals surface area contributed by atoms with E-state index in [9.17, 15) is 0 Å². The van der Waals surface area contributed by atoms with Crippen molar-refractivity contribution in [1.29, 1.82) is 0 Å². The van der Waals surface area contributed by atoms with Crippen LogP contribution in [-0.2, 0) is 0 Å². The van der Waals surface area contributed by atoms with Crippen molar-refractivity contribution in [3.05, 3.63) is 35.9 Å². The molecular weight excluding hydrogens is 344 g/mol. The zero-order valence-electron chi connectivity index (χ0n) is 13.4. The first kappa shape index (κ1) is 15.4. The normalized spacial score (nSPS) is 11.9. The molecule has 0 bridgehead atoms. The van der Waals surface area contributed by atoms with Crippen LogP contribution in [-0.4, -0.2) is 35.6 Å². The van der Waals surface area contributed by atoms with Crippen LogP contribution in [0.4, 0.5) is 0 Å². The van der Waals surface area contributed by atoms with E-state index >= 15 is 0 Å². The molecule has 122 valence electrons. The minimum atomic E-state index is 0.283. The van der Waals surface area contributed by atoms with Crippen LogP contribution in [0.3, 0.4) is 0 Å². The molecule has 0 aliphatic heterocycles. The molecule has 8 heteroatoms. The second kappa shape index (κ2) is 5.75. The summed E-state index contributed by atoms with van der Waals surface area (Å²) in [6, 6.07) is 6.29. The lowest BCUT2D eigenvalue weighted by Gasteiger charge is -2.04. The van der Waals surface area contributed by atoms with Crippen LogP contribution < -0.4 is 0 Å². The summed E-state index contributed by atoms with van der Waals surface area (Å²) in [6.45, 7) is 4.15. The number of benzene rings is 1. The lowest BCUT2D eigenvalue weighted by atomic mass is 10.2. The molecule has 0 aliphatic rings. The number of halogens is 1. The first-order valence-corrected chi connectivity index (χ1v) is 9.12. The van der Waals surface area contributed by atoms with Gasteiger partial charge in [-0.05, 0) is 43.8 Å². The highest BCUT2D eigenvalue weighted by Crippen LogP contribution is 2.29. The third-order valence-corrected chi connectivity index (χ3v) is 4.85. The molecule has 4 rings (SSSR count). The monoisotopic (exact) mass is 358 g/mol. The van der Waals surface area contributed by atoms with Crippen LogP contribution in [0.2, 0.25) is 5.28 Å². The van der Waals surface area contributed by atoms with Crippen LogP contribution in [0.5, 0.6) is 0 Å². The summed E-state index contributed by atoms with van der Waals surface area (Å²) in [5, 5.41) is 10.1. The standard InChI is InChI=1S/C16H15ClN6S/c1-9(2)22-8-10(7-18-22)14-20-15-11-5-4-6-12(24-3)13(11)19-16(17)23(15)21-14/h4-9H,1-3H3. The number of para-hydroxylation sites is 1. The molecule has 4 aromatic rings. The van der Waals surface area contributed by atoms with Crippen LogP contribution in [0, 0.1) is 0 Å². The summed E-state index contributed by atoms with van der Waals surface area (Å²) >= 11 is 7.97. The van der Waals surface area contributed by atoms with Crippen LogP contribution >= 0.6 is 23.4 Å². The van der Waals surface area contributed by atoms with Gasteiger partial charge in [0.05, 0.1) is 17.3 Å². The van der Waals surface area contributed by atoms with Gasteiger partial charge in [0, 0.05) is 22.5 Å². The van der Waals surface area contributed by atoms with Gasteiger partial charge in [0.1, 0.15) is 0 Å². The minimum absolute atomic E-state index is 0.283. The molecule has 0 saturated heterocycles. The van der Waals surface area contributed by atoms with Crippen LogP contribution in [0.25, 0.3) is 27.9 Å². The van der Waals surface area contributed by atoms with E-state index in [1.165, 1.54) is 0 Å². The second-order valence-electron chi connectivity index (χ2n) is 5.71. The van der Waals surface area contributed by atoms with E-state index in [-0.39, 0.29) is 6.04 Å². The molecule has 0 fully saturated rings. The number of nitrogens with zero attached hydrogens (tertiary/aromatic N) is 6. The van der Waals surface area contributed by atoms with Gasteiger partial charge in [0.15, 0.2) is 11.5 Å². The average Bonchev–Trinajstić information content (AvgIpc) is 3.22. The second-order valence-corrected chi connectivity index (χ2v) is 6.90. The zero-order chi connectivity index (χ0) is 16.8. The fraction of sp³-hybridized carbons (Fsp3) is 0.250. The Bertz CT molecular complexity index is 1050. The van der Waals surface area contributed by atoms with Gasteiger partial charge in [-0.3, -0.25) is 4.68 Å². The number of thioether (sulfide) groups is 1. The van der Waals surface area contributed by atoms with Gasteiger partial charge in [0.2, 0.25) is 5.28 Å². The van der Waals surface area contributed by atoms with Crippen molar-refractivity contribution in [3.8, 4) is 11.4 Å². The topological polar surface area (TPSA) is 60.9 Å². The maximum absolute atomic E-state index is 6.34. The number of hydrogen-bond acceptors (Lipinski definition) is 5. The maximum atomic E-state index is 6.34. The molecule has 0 spiro atoms. The third-order valence-electron chi connectivity index (χ3n) is 3.83. The van der Waals surface area contributed by atoms with Crippen molar-refractivity contribution in [3.63, 3.8) is 0 Å². The summed E-state index contributed by atoms with van der Waals surface area (Å²) in [7, 11) is 0. The molecule has 1 aromatic carbocycles. The van der Waals surface area contributed by atoms with Gasteiger partial charge in [-0.1, -0.05) is 6.07 Å². The Morgan fingerprint density at radius 2 is 2.04 bits per heavy atom. The van der Waals surface area contributed by atoms with Crippen molar-refractivity contribution in [2.75, 3.05) is 6.26 Å². The summed E-state index contributed by atoms with van der Waals surface area (Å²) in [5.74, 6) is 0.590. The van der Waals surface area contributed by atoms with E-state index < -0.39 is 0 Å². The number of fused-ring (bicyclic) bond motifs is 3. The lowest BCUT2D eigenvalue weighted by Crippen LogP contribution is -1.99. The summed E-state index contributed by atoms with van der Waals surface area (Å²) in [4.78, 5) is 10.2. The third kappa shape index (κ3) is 2.35. The zero-order valence-corrected chi connectivity index (χ0v) is 15.0. The molecule has 24 heavy (non-hydrogen) atoms. The molecule has 0 radical (unpaired) electrons. The van der Waals surface area contributed by atoms with Crippen LogP contribution in [0.1, 0.15) is 19.9 Å². The van der Waals surface area contributed by atoms with E-state index in [2.05, 4.69) is 34.0 Å². The van der Waals surface area contributed by atoms with Crippen molar-refractivity contribution >= 4 is 39.9 Å². The van der Waals surface area contributed by atoms with E-state index in [0.29, 0.717) is 16.8 Å².